The number of rotatable bonds is 8. The Labute approximate surface area is 466 Å². The van der Waals surface area contributed by atoms with Crippen molar-refractivity contribution < 1.29 is 0 Å². The van der Waals surface area contributed by atoms with Gasteiger partial charge in [-0.15, -0.1) is 0 Å². The van der Waals surface area contributed by atoms with Crippen LogP contribution in [0.4, 0.5) is 0 Å². The summed E-state index contributed by atoms with van der Waals surface area (Å²) in [6.45, 7) is 0. The molecule has 81 heavy (non-hydrogen) atoms. The van der Waals surface area contributed by atoms with E-state index in [2.05, 4.69) is 271 Å². The zero-order valence-corrected chi connectivity index (χ0v) is 43.7. The third kappa shape index (κ3) is 7.83. The van der Waals surface area contributed by atoms with Gasteiger partial charge in [0.1, 0.15) is 5.82 Å². The van der Waals surface area contributed by atoms with Crippen LogP contribution >= 0.6 is 0 Å². The second-order valence-electron chi connectivity index (χ2n) is 20.7. The number of hydrogen-bond acceptors (Lipinski definition) is 5. The second kappa shape index (κ2) is 18.9. The molecule has 13 aromatic carbocycles. The SMILES string of the molecule is c1ccc(-c2cc(-c3cc(-c4cc(-c5ccccc5)nc(-c5cc6ccccc6c6ccccc56)n4)cc(-c4nc5c6ccccc6c6ccccc6c5n4-c4ccccc4)c3)nc(-c3cc4ccccc4c4ccccc34)n2)cc1. The van der Waals surface area contributed by atoms with E-state index in [0.29, 0.717) is 11.6 Å². The molecular weight excluding hydrogens is 985 g/mol. The third-order valence-corrected chi connectivity index (χ3v) is 15.9. The molecule has 0 atom stereocenters. The van der Waals surface area contributed by atoms with Crippen LogP contribution in [0, 0.1) is 0 Å². The maximum absolute atomic E-state index is 5.79. The summed E-state index contributed by atoms with van der Waals surface area (Å²) in [6, 6.07) is 98.7. The van der Waals surface area contributed by atoms with Gasteiger partial charge in [0, 0.05) is 55.4 Å². The summed E-state index contributed by atoms with van der Waals surface area (Å²) in [5.41, 5.74) is 12.7. The van der Waals surface area contributed by atoms with Crippen LogP contribution in [0.5, 0.6) is 0 Å². The summed E-state index contributed by atoms with van der Waals surface area (Å²) in [7, 11) is 0. The molecule has 0 amide bonds. The molecule has 0 aliphatic heterocycles. The number of benzene rings is 13. The Bertz CT molecular complexity index is 4940. The van der Waals surface area contributed by atoms with Crippen molar-refractivity contribution in [3.05, 3.63) is 279 Å². The lowest BCUT2D eigenvalue weighted by Crippen LogP contribution is -2.01. The normalized spacial score (nSPS) is 11.7. The highest BCUT2D eigenvalue weighted by atomic mass is 15.1. The molecule has 0 radical (unpaired) electrons. The fourth-order valence-electron chi connectivity index (χ4n) is 12.2. The molecule has 0 aliphatic carbocycles. The van der Waals surface area contributed by atoms with Crippen molar-refractivity contribution in [2.24, 2.45) is 0 Å². The average Bonchev–Trinajstić information content (AvgIpc) is 4.07. The fraction of sp³-hybridized carbons (Fsp3) is 0. The van der Waals surface area contributed by atoms with Crippen molar-refractivity contribution in [3.8, 4) is 84.9 Å². The number of para-hydroxylation sites is 1. The summed E-state index contributed by atoms with van der Waals surface area (Å²) in [4.78, 5) is 28.0. The number of imidazole rings is 1. The molecule has 0 saturated carbocycles. The number of nitrogens with zero attached hydrogens (tertiary/aromatic N) is 6. The predicted octanol–water partition coefficient (Wildman–Crippen LogP) is 19.2. The summed E-state index contributed by atoms with van der Waals surface area (Å²) < 4.78 is 2.34. The van der Waals surface area contributed by atoms with E-state index in [1.807, 2.05) is 12.1 Å². The van der Waals surface area contributed by atoms with Gasteiger partial charge >= 0.3 is 0 Å². The molecule has 3 heterocycles. The van der Waals surface area contributed by atoms with Crippen LogP contribution in [-0.4, -0.2) is 29.5 Å². The molecule has 0 N–H and O–H groups in total. The average molecular weight is 1030 g/mol. The van der Waals surface area contributed by atoms with Crippen LogP contribution in [0.3, 0.4) is 0 Å². The molecule has 6 heteroatoms. The van der Waals surface area contributed by atoms with E-state index in [4.69, 9.17) is 24.9 Å². The molecule has 16 aromatic rings. The van der Waals surface area contributed by atoms with Crippen molar-refractivity contribution in [1.82, 2.24) is 29.5 Å². The van der Waals surface area contributed by atoms with E-state index in [-0.39, 0.29) is 0 Å². The van der Waals surface area contributed by atoms with Crippen LogP contribution in [-0.2, 0) is 0 Å². The van der Waals surface area contributed by atoms with E-state index in [9.17, 15) is 0 Å². The van der Waals surface area contributed by atoms with Gasteiger partial charge in [-0.2, -0.15) is 0 Å². The van der Waals surface area contributed by atoms with Crippen molar-refractivity contribution >= 4 is 75.7 Å². The summed E-state index contributed by atoms with van der Waals surface area (Å²) in [6.07, 6.45) is 0. The standard InChI is InChI=1S/C75H46N6/c1-4-22-47(23-5-1)67-45-69(78-73(76-67)65-43-49-26-10-12-30-55(49)57-32-14-16-36-61(57)65)51-40-52(70-46-68(48-24-6-2-7-25-48)77-74(79-70)66-44-50-27-11-13-31-56(50)58-33-15-17-37-62(58)66)42-53(41-51)75-80-71-63-38-20-18-34-59(63)60-35-19-21-39-64(60)72(71)81(75)54-28-8-3-9-29-54/h1-46H. The molecule has 3 aromatic heterocycles. The van der Waals surface area contributed by atoms with Crippen molar-refractivity contribution in [3.63, 3.8) is 0 Å². The van der Waals surface area contributed by atoms with E-state index < -0.39 is 0 Å². The Balaban J connectivity index is 1.02. The lowest BCUT2D eigenvalue weighted by molar-refractivity contribution is 1.11. The van der Waals surface area contributed by atoms with E-state index in [1.165, 1.54) is 16.2 Å². The topological polar surface area (TPSA) is 69.4 Å². The first kappa shape index (κ1) is 46.2. The largest absolute Gasteiger partial charge is 0.292 e. The molecule has 0 bridgehead atoms. The molecule has 0 saturated heterocycles. The van der Waals surface area contributed by atoms with E-state index in [0.717, 1.165) is 133 Å². The Hall–Kier alpha value is -11.0. The molecule has 6 nitrogen and oxygen atoms in total. The van der Waals surface area contributed by atoms with Crippen LogP contribution in [0.1, 0.15) is 0 Å². The maximum Gasteiger partial charge on any atom is 0.161 e. The fourth-order valence-corrected chi connectivity index (χ4v) is 12.2. The molecule has 0 aliphatic rings. The predicted molar refractivity (Wildman–Crippen MR) is 335 cm³/mol. The van der Waals surface area contributed by atoms with Crippen LogP contribution < -0.4 is 0 Å². The molecule has 376 valence electrons. The first-order chi connectivity index (χ1) is 40.1. The minimum absolute atomic E-state index is 0.633. The quantitative estimate of drug-likeness (QED) is 0.142. The van der Waals surface area contributed by atoms with Gasteiger partial charge in [-0.1, -0.05) is 224 Å². The summed E-state index contributed by atoms with van der Waals surface area (Å²) >= 11 is 0. The Morgan fingerprint density at radius 2 is 0.580 bits per heavy atom. The van der Waals surface area contributed by atoms with Gasteiger partial charge in [-0.3, -0.25) is 4.57 Å². The monoisotopic (exact) mass is 1030 g/mol. The molecule has 0 spiro atoms. The zero-order chi connectivity index (χ0) is 53.4. The van der Waals surface area contributed by atoms with Crippen molar-refractivity contribution in [2.75, 3.05) is 0 Å². The highest BCUT2D eigenvalue weighted by molar-refractivity contribution is 6.24. The van der Waals surface area contributed by atoms with E-state index in [1.54, 1.807) is 0 Å². The maximum atomic E-state index is 5.79. The Morgan fingerprint density at radius 3 is 1.06 bits per heavy atom. The van der Waals surface area contributed by atoms with Gasteiger partial charge in [-0.25, -0.2) is 24.9 Å². The highest BCUT2D eigenvalue weighted by Crippen LogP contribution is 2.43. The first-order valence-corrected chi connectivity index (χ1v) is 27.4. The first-order valence-electron chi connectivity index (χ1n) is 27.4. The number of fused-ring (bicyclic) bond motifs is 12. The van der Waals surface area contributed by atoms with Crippen LogP contribution in [0.15, 0.2) is 279 Å². The number of aromatic nitrogens is 6. The number of hydrogen-bond donors (Lipinski definition) is 0. The lowest BCUT2D eigenvalue weighted by Gasteiger charge is -2.16. The van der Waals surface area contributed by atoms with Gasteiger partial charge < -0.3 is 0 Å². The summed E-state index contributed by atoms with van der Waals surface area (Å²) in [5, 5.41) is 13.6. The van der Waals surface area contributed by atoms with Gasteiger partial charge in [0.15, 0.2) is 11.6 Å². The van der Waals surface area contributed by atoms with Gasteiger partial charge in [0.25, 0.3) is 0 Å². The Morgan fingerprint density at radius 1 is 0.235 bits per heavy atom. The van der Waals surface area contributed by atoms with Crippen LogP contribution in [0.2, 0.25) is 0 Å². The van der Waals surface area contributed by atoms with Crippen molar-refractivity contribution in [2.45, 2.75) is 0 Å². The van der Waals surface area contributed by atoms with Gasteiger partial charge in [0.2, 0.25) is 0 Å². The van der Waals surface area contributed by atoms with Crippen molar-refractivity contribution in [1.29, 1.82) is 0 Å². The lowest BCUT2D eigenvalue weighted by atomic mass is 9.95. The molecular formula is C75H46N6. The minimum atomic E-state index is 0.633. The van der Waals surface area contributed by atoms with Crippen LogP contribution in [0.25, 0.3) is 161 Å². The highest BCUT2D eigenvalue weighted by Gasteiger charge is 2.24. The zero-order valence-electron chi connectivity index (χ0n) is 43.7. The smallest absolute Gasteiger partial charge is 0.161 e. The van der Waals surface area contributed by atoms with Gasteiger partial charge in [-0.05, 0) is 108 Å². The molecule has 16 rings (SSSR count). The second-order valence-corrected chi connectivity index (χ2v) is 20.7. The van der Waals surface area contributed by atoms with E-state index >= 15 is 0 Å². The van der Waals surface area contributed by atoms with Gasteiger partial charge in [0.05, 0.1) is 33.8 Å². The third-order valence-electron chi connectivity index (χ3n) is 15.9. The summed E-state index contributed by atoms with van der Waals surface area (Å²) in [5.74, 6) is 2.05. The molecule has 0 fully saturated rings. The molecule has 0 unspecified atom stereocenters. The Kier molecular flexibility index (Phi) is 10.8. The minimum Gasteiger partial charge on any atom is -0.292 e.